The average molecular weight is 332 g/mol. The number of anilines is 1. The third-order valence-electron chi connectivity index (χ3n) is 4.35. The standard InChI is InChI=1S/C19H16N4O2/c1-11-2-4-12(5-3-11)13-6-7-15-14(8-13)17-18(20)21-10-22-19(17)23(15)9-16(24)25/h2-8,10H,9H2,1H3,(H,24,25)(H2,20,21,22). The summed E-state index contributed by atoms with van der Waals surface area (Å²) in [5, 5.41) is 10.8. The van der Waals surface area contributed by atoms with Crippen LogP contribution in [0.2, 0.25) is 0 Å². The number of hydrogen-bond donors (Lipinski definition) is 2. The number of aryl methyl sites for hydroxylation is 1. The third-order valence-corrected chi connectivity index (χ3v) is 4.35. The molecule has 4 rings (SSSR count). The molecule has 0 saturated heterocycles. The van der Waals surface area contributed by atoms with E-state index in [0.29, 0.717) is 16.9 Å². The monoisotopic (exact) mass is 332 g/mol. The molecule has 0 aliphatic rings. The molecular weight excluding hydrogens is 316 g/mol. The maximum absolute atomic E-state index is 11.3. The van der Waals surface area contributed by atoms with Crippen molar-refractivity contribution in [2.45, 2.75) is 13.5 Å². The second kappa shape index (κ2) is 5.59. The van der Waals surface area contributed by atoms with E-state index in [1.807, 2.05) is 25.1 Å². The van der Waals surface area contributed by atoms with Gasteiger partial charge in [0.15, 0.2) is 0 Å². The van der Waals surface area contributed by atoms with E-state index in [1.54, 1.807) is 4.57 Å². The van der Waals surface area contributed by atoms with E-state index < -0.39 is 5.97 Å². The normalized spacial score (nSPS) is 11.2. The lowest BCUT2D eigenvalue weighted by Crippen LogP contribution is -2.09. The Morgan fingerprint density at radius 3 is 2.56 bits per heavy atom. The van der Waals surface area contributed by atoms with Gasteiger partial charge in [0.2, 0.25) is 0 Å². The van der Waals surface area contributed by atoms with E-state index in [2.05, 4.69) is 34.2 Å². The Morgan fingerprint density at radius 1 is 1.12 bits per heavy atom. The minimum atomic E-state index is -0.932. The lowest BCUT2D eigenvalue weighted by Gasteiger charge is -2.05. The van der Waals surface area contributed by atoms with Crippen molar-refractivity contribution < 1.29 is 9.90 Å². The molecule has 6 heteroatoms. The summed E-state index contributed by atoms with van der Waals surface area (Å²) in [5.41, 5.74) is 10.7. The SMILES string of the molecule is Cc1ccc(-c2ccc3c(c2)c2c(N)ncnc2n3CC(=O)O)cc1. The van der Waals surface area contributed by atoms with Crippen molar-refractivity contribution in [3.8, 4) is 11.1 Å². The minimum absolute atomic E-state index is 0.180. The molecule has 25 heavy (non-hydrogen) atoms. The Kier molecular flexibility index (Phi) is 3.39. The van der Waals surface area contributed by atoms with Gasteiger partial charge in [-0.05, 0) is 30.2 Å². The quantitative estimate of drug-likeness (QED) is 0.601. The number of carboxylic acid groups (broad SMARTS) is 1. The molecule has 4 aromatic rings. The Hall–Kier alpha value is -3.41. The van der Waals surface area contributed by atoms with Gasteiger partial charge in [-0.3, -0.25) is 4.79 Å². The number of benzene rings is 2. The molecule has 6 nitrogen and oxygen atoms in total. The zero-order valence-corrected chi connectivity index (χ0v) is 13.6. The summed E-state index contributed by atoms with van der Waals surface area (Å²) in [4.78, 5) is 19.6. The first-order valence-corrected chi connectivity index (χ1v) is 7.86. The lowest BCUT2D eigenvalue weighted by molar-refractivity contribution is -0.137. The molecule has 0 aliphatic carbocycles. The van der Waals surface area contributed by atoms with E-state index in [-0.39, 0.29) is 6.54 Å². The van der Waals surface area contributed by atoms with Gasteiger partial charge in [-0.25, -0.2) is 9.97 Å². The van der Waals surface area contributed by atoms with Crippen LogP contribution in [0.4, 0.5) is 5.82 Å². The molecule has 0 radical (unpaired) electrons. The van der Waals surface area contributed by atoms with Gasteiger partial charge in [0, 0.05) is 5.39 Å². The minimum Gasteiger partial charge on any atom is -0.480 e. The van der Waals surface area contributed by atoms with Gasteiger partial charge in [0.05, 0.1) is 10.9 Å². The van der Waals surface area contributed by atoms with Crippen LogP contribution in [0.15, 0.2) is 48.8 Å². The van der Waals surface area contributed by atoms with Gasteiger partial charge < -0.3 is 15.4 Å². The van der Waals surface area contributed by atoms with Gasteiger partial charge in [0.1, 0.15) is 24.3 Å². The second-order valence-electron chi connectivity index (χ2n) is 6.04. The molecule has 0 amide bonds. The molecule has 2 aromatic carbocycles. The van der Waals surface area contributed by atoms with Crippen LogP contribution in [0.5, 0.6) is 0 Å². The average Bonchev–Trinajstić information content (AvgIpc) is 2.90. The summed E-state index contributed by atoms with van der Waals surface area (Å²) in [6.45, 7) is 1.87. The molecule has 0 aliphatic heterocycles. The summed E-state index contributed by atoms with van der Waals surface area (Å²) in [6, 6.07) is 14.2. The highest BCUT2D eigenvalue weighted by Gasteiger charge is 2.17. The number of hydrogen-bond acceptors (Lipinski definition) is 4. The van der Waals surface area contributed by atoms with E-state index in [4.69, 9.17) is 5.73 Å². The molecule has 0 spiro atoms. The summed E-state index contributed by atoms with van der Waals surface area (Å²) >= 11 is 0. The number of nitrogens with zero attached hydrogens (tertiary/aromatic N) is 3. The highest BCUT2D eigenvalue weighted by Crippen LogP contribution is 2.33. The van der Waals surface area contributed by atoms with Crippen LogP contribution in [0.1, 0.15) is 5.56 Å². The number of nitrogens with two attached hydrogens (primary N) is 1. The first-order chi connectivity index (χ1) is 12.0. The van der Waals surface area contributed by atoms with Crippen LogP contribution in [-0.4, -0.2) is 25.6 Å². The fraction of sp³-hybridized carbons (Fsp3) is 0.105. The first-order valence-electron chi connectivity index (χ1n) is 7.86. The Bertz CT molecular complexity index is 1110. The highest BCUT2D eigenvalue weighted by molar-refractivity contribution is 6.12. The molecule has 2 heterocycles. The van der Waals surface area contributed by atoms with Crippen LogP contribution in [0, 0.1) is 6.92 Å². The van der Waals surface area contributed by atoms with Crippen molar-refractivity contribution >= 4 is 33.7 Å². The number of aromatic nitrogens is 3. The number of aliphatic carboxylic acids is 1. The molecule has 0 fully saturated rings. The lowest BCUT2D eigenvalue weighted by atomic mass is 10.0. The molecule has 0 saturated carbocycles. The number of fused-ring (bicyclic) bond motifs is 3. The van der Waals surface area contributed by atoms with Crippen molar-refractivity contribution in [2.75, 3.05) is 5.73 Å². The number of carboxylic acids is 1. The Morgan fingerprint density at radius 2 is 1.84 bits per heavy atom. The van der Waals surface area contributed by atoms with Gasteiger partial charge in [-0.15, -0.1) is 0 Å². The fourth-order valence-electron chi connectivity index (χ4n) is 3.16. The maximum Gasteiger partial charge on any atom is 0.323 e. The van der Waals surface area contributed by atoms with Crippen LogP contribution >= 0.6 is 0 Å². The van der Waals surface area contributed by atoms with Crippen LogP contribution < -0.4 is 5.73 Å². The van der Waals surface area contributed by atoms with Crippen LogP contribution in [-0.2, 0) is 11.3 Å². The Labute approximate surface area is 143 Å². The van der Waals surface area contributed by atoms with E-state index in [9.17, 15) is 9.90 Å². The van der Waals surface area contributed by atoms with E-state index in [0.717, 1.165) is 22.0 Å². The third kappa shape index (κ3) is 2.48. The van der Waals surface area contributed by atoms with Crippen molar-refractivity contribution in [3.05, 3.63) is 54.4 Å². The second-order valence-corrected chi connectivity index (χ2v) is 6.04. The molecule has 0 bridgehead atoms. The van der Waals surface area contributed by atoms with E-state index >= 15 is 0 Å². The number of nitrogen functional groups attached to an aromatic ring is 1. The molecule has 0 atom stereocenters. The summed E-state index contributed by atoms with van der Waals surface area (Å²) in [6.07, 6.45) is 1.36. The summed E-state index contributed by atoms with van der Waals surface area (Å²) in [5.74, 6) is -0.584. The van der Waals surface area contributed by atoms with Gasteiger partial charge in [0.25, 0.3) is 0 Å². The van der Waals surface area contributed by atoms with Crippen molar-refractivity contribution in [3.63, 3.8) is 0 Å². The molecular formula is C19H16N4O2. The van der Waals surface area contributed by atoms with Crippen molar-refractivity contribution in [1.82, 2.24) is 14.5 Å². The number of carbonyl (C=O) groups is 1. The largest absolute Gasteiger partial charge is 0.480 e. The van der Waals surface area contributed by atoms with Crippen molar-refractivity contribution in [2.24, 2.45) is 0 Å². The van der Waals surface area contributed by atoms with Gasteiger partial charge >= 0.3 is 5.97 Å². The van der Waals surface area contributed by atoms with Crippen LogP contribution in [0.3, 0.4) is 0 Å². The summed E-state index contributed by atoms with van der Waals surface area (Å²) < 4.78 is 1.66. The zero-order chi connectivity index (χ0) is 17.6. The molecule has 124 valence electrons. The smallest absolute Gasteiger partial charge is 0.323 e. The maximum atomic E-state index is 11.3. The molecule has 3 N–H and O–H groups in total. The summed E-state index contributed by atoms with van der Waals surface area (Å²) in [7, 11) is 0. The highest BCUT2D eigenvalue weighted by atomic mass is 16.4. The predicted molar refractivity (Wildman–Crippen MR) is 97.3 cm³/mol. The van der Waals surface area contributed by atoms with Gasteiger partial charge in [-0.2, -0.15) is 0 Å². The van der Waals surface area contributed by atoms with E-state index in [1.165, 1.54) is 11.9 Å². The Balaban J connectivity index is 2.02. The first kappa shape index (κ1) is 15.1. The molecule has 2 aromatic heterocycles. The van der Waals surface area contributed by atoms with Crippen LogP contribution in [0.25, 0.3) is 33.1 Å². The van der Waals surface area contributed by atoms with Crippen molar-refractivity contribution in [1.29, 1.82) is 0 Å². The fourth-order valence-corrected chi connectivity index (χ4v) is 3.16. The topological polar surface area (TPSA) is 94.0 Å². The number of rotatable bonds is 3. The predicted octanol–water partition coefficient (Wildman–Crippen LogP) is 3.23. The zero-order valence-electron chi connectivity index (χ0n) is 13.6. The molecule has 0 unspecified atom stereocenters. The van der Waals surface area contributed by atoms with Gasteiger partial charge in [-0.1, -0.05) is 35.9 Å².